The minimum Gasteiger partial charge on any atom is -0.324 e. The van der Waals surface area contributed by atoms with E-state index in [0.29, 0.717) is 26.6 Å². The highest BCUT2D eigenvalue weighted by Gasteiger charge is 2.32. The van der Waals surface area contributed by atoms with E-state index in [1.54, 1.807) is 25.1 Å². The molecule has 2 aromatic rings. The van der Waals surface area contributed by atoms with Crippen LogP contribution >= 0.6 is 11.6 Å². The number of amides is 1. The molecule has 0 bridgehead atoms. The van der Waals surface area contributed by atoms with Crippen molar-refractivity contribution in [2.24, 2.45) is 0 Å². The summed E-state index contributed by atoms with van der Waals surface area (Å²) in [7, 11) is -4.01. The van der Waals surface area contributed by atoms with Crippen LogP contribution in [0.1, 0.15) is 11.1 Å². The molecule has 0 unspecified atom stereocenters. The molecular weight excluding hydrogens is 405 g/mol. The number of carbonyl (C=O) groups is 1. The van der Waals surface area contributed by atoms with E-state index in [1.807, 2.05) is 0 Å². The van der Waals surface area contributed by atoms with Crippen LogP contribution < -0.4 is 9.62 Å². The fraction of sp³-hybridized carbons (Fsp3) is 0.235. The molecule has 5 nitrogen and oxygen atoms in total. The van der Waals surface area contributed by atoms with Crippen molar-refractivity contribution in [3.63, 3.8) is 0 Å². The molecule has 0 aliphatic rings. The molecule has 10 heteroatoms. The summed E-state index contributed by atoms with van der Waals surface area (Å²) in [5.41, 5.74) is -0.312. The predicted octanol–water partition coefficient (Wildman–Crippen LogP) is 4.07. The molecular formula is C17H16ClF3N2O3S. The monoisotopic (exact) mass is 420 g/mol. The Labute approximate surface area is 159 Å². The number of hydrogen-bond donors (Lipinski definition) is 1. The van der Waals surface area contributed by atoms with Crippen LogP contribution in [-0.4, -0.2) is 27.1 Å². The van der Waals surface area contributed by atoms with Crippen molar-refractivity contribution >= 4 is 38.9 Å². The fourth-order valence-corrected chi connectivity index (χ4v) is 3.32. The Hall–Kier alpha value is -2.26. The lowest BCUT2D eigenvalue weighted by atomic mass is 10.2. The number of nitrogens with zero attached hydrogens (tertiary/aromatic N) is 1. The lowest BCUT2D eigenvalue weighted by Gasteiger charge is -2.23. The maximum atomic E-state index is 12.9. The summed E-state index contributed by atoms with van der Waals surface area (Å²) in [4.78, 5) is 12.3. The highest BCUT2D eigenvalue weighted by atomic mass is 35.5. The normalized spacial score (nSPS) is 11.9. The van der Waals surface area contributed by atoms with Crippen LogP contribution in [0.3, 0.4) is 0 Å². The zero-order valence-electron chi connectivity index (χ0n) is 14.3. The molecule has 0 fully saturated rings. The second-order valence-electron chi connectivity index (χ2n) is 5.78. The van der Waals surface area contributed by atoms with E-state index in [4.69, 9.17) is 11.6 Å². The first-order chi connectivity index (χ1) is 12.4. The zero-order valence-corrected chi connectivity index (χ0v) is 15.9. The molecule has 146 valence electrons. The van der Waals surface area contributed by atoms with Crippen molar-refractivity contribution < 1.29 is 26.4 Å². The molecule has 0 spiro atoms. The Balaban J connectivity index is 2.31. The lowest BCUT2D eigenvalue weighted by molar-refractivity contribution is -0.137. The smallest absolute Gasteiger partial charge is 0.324 e. The van der Waals surface area contributed by atoms with Gasteiger partial charge in [-0.05, 0) is 42.8 Å². The Bertz CT molecular complexity index is 962. The van der Waals surface area contributed by atoms with E-state index in [-0.39, 0.29) is 5.69 Å². The Morgan fingerprint density at radius 2 is 1.81 bits per heavy atom. The summed E-state index contributed by atoms with van der Waals surface area (Å²) in [5.74, 6) is -0.719. The van der Waals surface area contributed by atoms with Crippen molar-refractivity contribution in [3.05, 3.63) is 58.6 Å². The maximum absolute atomic E-state index is 12.9. The van der Waals surface area contributed by atoms with Crippen LogP contribution in [0.4, 0.5) is 24.5 Å². The molecule has 2 aromatic carbocycles. The molecule has 0 aliphatic carbocycles. The SMILES string of the molecule is Cc1c(Cl)cccc1NC(=O)CN(c1cccc(C(F)(F)F)c1)S(C)(=O)=O. The van der Waals surface area contributed by atoms with Gasteiger partial charge in [-0.3, -0.25) is 9.10 Å². The molecule has 0 aliphatic heterocycles. The van der Waals surface area contributed by atoms with Gasteiger partial charge in [0.1, 0.15) is 6.54 Å². The van der Waals surface area contributed by atoms with Crippen molar-refractivity contribution in [1.82, 2.24) is 0 Å². The minimum atomic E-state index is -4.64. The zero-order chi connectivity index (χ0) is 20.4. The lowest BCUT2D eigenvalue weighted by Crippen LogP contribution is -2.37. The summed E-state index contributed by atoms with van der Waals surface area (Å²) >= 11 is 5.97. The number of alkyl halides is 3. The van der Waals surface area contributed by atoms with Crippen LogP contribution in [0.15, 0.2) is 42.5 Å². The highest BCUT2D eigenvalue weighted by Crippen LogP contribution is 2.32. The number of sulfonamides is 1. The number of benzene rings is 2. The fourth-order valence-electron chi connectivity index (χ4n) is 2.30. The first-order valence-corrected chi connectivity index (χ1v) is 9.82. The van der Waals surface area contributed by atoms with E-state index < -0.39 is 34.2 Å². The summed E-state index contributed by atoms with van der Waals surface area (Å²) < 4.78 is 63.4. The molecule has 0 saturated carbocycles. The van der Waals surface area contributed by atoms with Crippen molar-refractivity contribution in [2.75, 3.05) is 22.4 Å². The van der Waals surface area contributed by atoms with Gasteiger partial charge >= 0.3 is 6.18 Å². The molecule has 0 atom stereocenters. The quantitative estimate of drug-likeness (QED) is 0.792. The number of hydrogen-bond acceptors (Lipinski definition) is 3. The van der Waals surface area contributed by atoms with Crippen molar-refractivity contribution in [1.29, 1.82) is 0 Å². The Kier molecular flexibility index (Phi) is 6.06. The summed E-state index contributed by atoms with van der Waals surface area (Å²) in [6.07, 6.45) is -3.83. The van der Waals surface area contributed by atoms with E-state index >= 15 is 0 Å². The first kappa shape index (κ1) is 21.0. The second-order valence-corrected chi connectivity index (χ2v) is 8.09. The molecule has 0 aromatic heterocycles. The van der Waals surface area contributed by atoms with E-state index in [9.17, 15) is 26.4 Å². The van der Waals surface area contributed by atoms with Gasteiger partial charge in [-0.2, -0.15) is 13.2 Å². The number of halogens is 4. The molecule has 1 amide bonds. The summed E-state index contributed by atoms with van der Waals surface area (Å²) in [6, 6.07) is 8.57. The third kappa shape index (κ3) is 5.36. The summed E-state index contributed by atoms with van der Waals surface area (Å²) in [5, 5.41) is 2.92. The van der Waals surface area contributed by atoms with Crippen molar-refractivity contribution in [2.45, 2.75) is 13.1 Å². The first-order valence-electron chi connectivity index (χ1n) is 7.59. The topological polar surface area (TPSA) is 66.5 Å². The van der Waals surface area contributed by atoms with Gasteiger partial charge in [0.2, 0.25) is 15.9 Å². The Morgan fingerprint density at radius 1 is 1.19 bits per heavy atom. The average Bonchev–Trinajstić information content (AvgIpc) is 2.55. The van der Waals surface area contributed by atoms with Crippen LogP contribution in [0, 0.1) is 6.92 Å². The van der Waals surface area contributed by atoms with Gasteiger partial charge < -0.3 is 5.32 Å². The van der Waals surface area contributed by atoms with Gasteiger partial charge in [-0.25, -0.2) is 8.42 Å². The van der Waals surface area contributed by atoms with Gasteiger partial charge in [-0.1, -0.05) is 23.7 Å². The number of rotatable bonds is 5. The van der Waals surface area contributed by atoms with Gasteiger partial charge in [0.25, 0.3) is 0 Å². The molecule has 27 heavy (non-hydrogen) atoms. The van der Waals surface area contributed by atoms with E-state index in [1.165, 1.54) is 6.07 Å². The van der Waals surface area contributed by atoms with E-state index in [0.717, 1.165) is 18.4 Å². The Morgan fingerprint density at radius 3 is 2.41 bits per heavy atom. The largest absolute Gasteiger partial charge is 0.416 e. The average molecular weight is 421 g/mol. The molecule has 1 N–H and O–H groups in total. The molecule has 0 saturated heterocycles. The number of nitrogens with one attached hydrogen (secondary N) is 1. The van der Waals surface area contributed by atoms with Crippen LogP contribution in [0.25, 0.3) is 0 Å². The van der Waals surface area contributed by atoms with Gasteiger partial charge in [-0.15, -0.1) is 0 Å². The molecule has 0 radical (unpaired) electrons. The number of anilines is 2. The van der Waals surface area contributed by atoms with E-state index in [2.05, 4.69) is 5.32 Å². The van der Waals surface area contributed by atoms with Crippen LogP contribution in [-0.2, 0) is 21.0 Å². The second kappa shape index (κ2) is 7.77. The molecule has 0 heterocycles. The predicted molar refractivity (Wildman–Crippen MR) is 98.5 cm³/mol. The molecule has 2 rings (SSSR count). The van der Waals surface area contributed by atoms with Crippen molar-refractivity contribution in [3.8, 4) is 0 Å². The minimum absolute atomic E-state index is 0.259. The number of carbonyl (C=O) groups excluding carboxylic acids is 1. The standard InChI is InChI=1S/C17H16ClF3N2O3S/c1-11-14(18)7-4-8-15(11)22-16(24)10-23(27(2,25)26)13-6-3-5-12(9-13)17(19,20)21/h3-9H,10H2,1-2H3,(H,22,24). The van der Waals surface area contributed by atoms with Gasteiger partial charge in [0.15, 0.2) is 0 Å². The van der Waals surface area contributed by atoms with Crippen LogP contribution in [0.2, 0.25) is 5.02 Å². The maximum Gasteiger partial charge on any atom is 0.416 e. The third-order valence-corrected chi connectivity index (χ3v) is 5.24. The highest BCUT2D eigenvalue weighted by molar-refractivity contribution is 7.92. The van der Waals surface area contributed by atoms with Crippen LogP contribution in [0.5, 0.6) is 0 Å². The van der Waals surface area contributed by atoms with Gasteiger partial charge in [0, 0.05) is 10.7 Å². The third-order valence-electron chi connectivity index (χ3n) is 3.69. The summed E-state index contributed by atoms with van der Waals surface area (Å²) in [6.45, 7) is 0.977. The van der Waals surface area contributed by atoms with Gasteiger partial charge in [0.05, 0.1) is 17.5 Å².